The monoisotopic (exact) mass is 423 g/mol. The SMILES string of the molecule is c1ccc2c(c1)Oc1ccccc1-c1c(Cn3c4ccccc4c4ccccc43)cccc1-2. The highest BCUT2D eigenvalue weighted by atomic mass is 16.5. The number of benzene rings is 5. The Kier molecular flexibility index (Phi) is 3.94. The van der Waals surface area contributed by atoms with E-state index in [1.54, 1.807) is 0 Å². The van der Waals surface area contributed by atoms with Gasteiger partial charge in [0.15, 0.2) is 0 Å². The van der Waals surface area contributed by atoms with Crippen LogP contribution in [-0.4, -0.2) is 4.57 Å². The smallest absolute Gasteiger partial charge is 0.135 e. The summed E-state index contributed by atoms with van der Waals surface area (Å²) in [5, 5.41) is 2.59. The van der Waals surface area contributed by atoms with Crippen LogP contribution in [0.5, 0.6) is 11.5 Å². The molecule has 1 aliphatic rings. The van der Waals surface area contributed by atoms with Crippen molar-refractivity contribution in [3.8, 4) is 33.8 Å². The number of hydrogen-bond donors (Lipinski definition) is 0. The van der Waals surface area contributed by atoms with E-state index in [0.29, 0.717) is 0 Å². The molecule has 2 heterocycles. The van der Waals surface area contributed by atoms with Crippen molar-refractivity contribution >= 4 is 21.8 Å². The molecule has 2 nitrogen and oxygen atoms in total. The Morgan fingerprint density at radius 1 is 0.485 bits per heavy atom. The van der Waals surface area contributed by atoms with Crippen molar-refractivity contribution in [1.29, 1.82) is 0 Å². The molecule has 1 aromatic heterocycles. The predicted molar refractivity (Wildman–Crippen MR) is 136 cm³/mol. The minimum atomic E-state index is 0.785. The topological polar surface area (TPSA) is 14.2 Å². The van der Waals surface area contributed by atoms with Gasteiger partial charge >= 0.3 is 0 Å². The van der Waals surface area contributed by atoms with Gasteiger partial charge in [0, 0.05) is 39.5 Å². The van der Waals surface area contributed by atoms with E-state index in [-0.39, 0.29) is 0 Å². The van der Waals surface area contributed by atoms with Crippen LogP contribution < -0.4 is 4.74 Å². The van der Waals surface area contributed by atoms with Gasteiger partial charge in [-0.1, -0.05) is 91.0 Å². The third-order valence-electron chi connectivity index (χ3n) is 6.71. The van der Waals surface area contributed by atoms with Gasteiger partial charge in [-0.3, -0.25) is 0 Å². The number of ether oxygens (including phenoxy) is 1. The minimum absolute atomic E-state index is 0.785. The second-order valence-corrected chi connectivity index (χ2v) is 8.55. The second-order valence-electron chi connectivity index (χ2n) is 8.55. The van der Waals surface area contributed by atoms with Gasteiger partial charge in [-0.25, -0.2) is 0 Å². The van der Waals surface area contributed by atoms with Gasteiger partial charge in [-0.05, 0) is 41.0 Å². The fourth-order valence-corrected chi connectivity index (χ4v) is 5.28. The van der Waals surface area contributed by atoms with Crippen molar-refractivity contribution < 1.29 is 4.74 Å². The van der Waals surface area contributed by atoms with Crippen LogP contribution in [0.15, 0.2) is 115 Å². The molecule has 0 amide bonds. The molecule has 0 radical (unpaired) electrons. The first-order valence-electron chi connectivity index (χ1n) is 11.3. The molecule has 0 N–H and O–H groups in total. The third kappa shape index (κ3) is 2.74. The number of nitrogens with zero attached hydrogens (tertiary/aromatic N) is 1. The molecule has 1 aliphatic heterocycles. The van der Waals surface area contributed by atoms with Gasteiger partial charge in [-0.2, -0.15) is 0 Å². The average molecular weight is 424 g/mol. The van der Waals surface area contributed by atoms with E-state index >= 15 is 0 Å². The molecule has 0 spiro atoms. The van der Waals surface area contributed by atoms with E-state index < -0.39 is 0 Å². The normalized spacial score (nSPS) is 12.0. The second kappa shape index (κ2) is 7.11. The van der Waals surface area contributed by atoms with Crippen molar-refractivity contribution in [2.75, 3.05) is 0 Å². The number of fused-ring (bicyclic) bond motifs is 8. The van der Waals surface area contributed by atoms with Gasteiger partial charge in [0.1, 0.15) is 11.5 Å². The summed E-state index contributed by atoms with van der Waals surface area (Å²) >= 11 is 0. The fraction of sp³-hybridized carbons (Fsp3) is 0.0323. The number of para-hydroxylation sites is 4. The molecule has 156 valence electrons. The van der Waals surface area contributed by atoms with Gasteiger partial charge in [0.05, 0.1) is 0 Å². The highest BCUT2D eigenvalue weighted by molar-refractivity contribution is 6.08. The Bertz CT molecular complexity index is 1620. The fourth-order valence-electron chi connectivity index (χ4n) is 5.28. The highest BCUT2D eigenvalue weighted by Gasteiger charge is 2.23. The third-order valence-corrected chi connectivity index (χ3v) is 6.71. The summed E-state index contributed by atoms with van der Waals surface area (Å²) in [7, 11) is 0. The molecule has 2 heteroatoms. The zero-order valence-electron chi connectivity index (χ0n) is 18.0. The molecular weight excluding hydrogens is 402 g/mol. The maximum absolute atomic E-state index is 6.41. The lowest BCUT2D eigenvalue weighted by molar-refractivity contribution is 0.487. The first kappa shape index (κ1) is 18.3. The van der Waals surface area contributed by atoms with Crippen LogP contribution in [-0.2, 0) is 6.54 Å². The Hall–Kier alpha value is -4.30. The molecule has 0 atom stereocenters. The van der Waals surface area contributed by atoms with Crippen molar-refractivity contribution in [3.63, 3.8) is 0 Å². The van der Waals surface area contributed by atoms with E-state index in [1.807, 2.05) is 12.1 Å². The summed E-state index contributed by atoms with van der Waals surface area (Å²) in [6.45, 7) is 0.785. The number of rotatable bonds is 2. The zero-order chi connectivity index (χ0) is 21.8. The molecular formula is C31H21NO. The van der Waals surface area contributed by atoms with Gasteiger partial charge < -0.3 is 9.30 Å². The molecule has 33 heavy (non-hydrogen) atoms. The zero-order valence-corrected chi connectivity index (χ0v) is 18.0. The van der Waals surface area contributed by atoms with Crippen LogP contribution in [0.4, 0.5) is 0 Å². The largest absolute Gasteiger partial charge is 0.456 e. The van der Waals surface area contributed by atoms with Gasteiger partial charge in [-0.15, -0.1) is 0 Å². The Morgan fingerprint density at radius 2 is 1.03 bits per heavy atom. The Balaban J connectivity index is 1.52. The summed E-state index contributed by atoms with van der Waals surface area (Å²) in [6.07, 6.45) is 0. The van der Waals surface area contributed by atoms with Crippen molar-refractivity contribution in [1.82, 2.24) is 4.57 Å². The molecule has 6 aromatic rings. The van der Waals surface area contributed by atoms with Crippen molar-refractivity contribution in [3.05, 3.63) is 121 Å². The molecule has 0 aliphatic carbocycles. The van der Waals surface area contributed by atoms with E-state index in [0.717, 1.165) is 29.2 Å². The van der Waals surface area contributed by atoms with Gasteiger partial charge in [0.2, 0.25) is 0 Å². The summed E-state index contributed by atoms with van der Waals surface area (Å²) in [5.74, 6) is 1.80. The Morgan fingerprint density at radius 3 is 1.76 bits per heavy atom. The van der Waals surface area contributed by atoms with Crippen LogP contribution in [0.3, 0.4) is 0 Å². The van der Waals surface area contributed by atoms with Crippen LogP contribution >= 0.6 is 0 Å². The Labute approximate surface area is 192 Å². The van der Waals surface area contributed by atoms with Gasteiger partial charge in [0.25, 0.3) is 0 Å². The molecule has 0 saturated carbocycles. The standard InChI is InChI=1S/C31H21NO/c1-5-16-27-22(11-1)23-12-2-6-17-28(23)32(27)20-21-10-9-15-25-24-13-3-7-18-29(24)33-30-19-8-4-14-26(30)31(21)25/h1-19H,20H2. The molecule has 0 bridgehead atoms. The van der Waals surface area contributed by atoms with Crippen LogP contribution in [0.2, 0.25) is 0 Å². The summed E-state index contributed by atoms with van der Waals surface area (Å²) in [6, 6.07) is 40.8. The van der Waals surface area contributed by atoms with Crippen molar-refractivity contribution in [2.24, 2.45) is 0 Å². The number of hydrogen-bond acceptors (Lipinski definition) is 1. The summed E-state index contributed by atoms with van der Waals surface area (Å²) in [4.78, 5) is 0. The average Bonchev–Trinajstić information content (AvgIpc) is 3.10. The van der Waals surface area contributed by atoms with Crippen molar-refractivity contribution in [2.45, 2.75) is 6.54 Å². The maximum atomic E-state index is 6.41. The predicted octanol–water partition coefficient (Wildman–Crippen LogP) is 8.28. The maximum Gasteiger partial charge on any atom is 0.135 e. The van der Waals surface area contributed by atoms with E-state index in [1.165, 1.54) is 38.5 Å². The van der Waals surface area contributed by atoms with E-state index in [4.69, 9.17) is 4.74 Å². The van der Waals surface area contributed by atoms with Crippen LogP contribution in [0, 0.1) is 0 Å². The quantitative estimate of drug-likeness (QED) is 0.273. The molecule has 0 unspecified atom stereocenters. The lowest BCUT2D eigenvalue weighted by Crippen LogP contribution is -2.02. The first-order valence-corrected chi connectivity index (χ1v) is 11.3. The first-order chi connectivity index (χ1) is 16.4. The number of aromatic nitrogens is 1. The summed E-state index contributed by atoms with van der Waals surface area (Å²) in [5.41, 5.74) is 8.54. The van der Waals surface area contributed by atoms with E-state index in [9.17, 15) is 0 Å². The summed E-state index contributed by atoms with van der Waals surface area (Å²) < 4.78 is 8.85. The van der Waals surface area contributed by atoms with Crippen LogP contribution in [0.1, 0.15) is 5.56 Å². The molecule has 7 rings (SSSR count). The minimum Gasteiger partial charge on any atom is -0.456 e. The molecule has 0 fully saturated rings. The molecule has 0 saturated heterocycles. The van der Waals surface area contributed by atoms with Crippen LogP contribution in [0.25, 0.3) is 44.1 Å². The van der Waals surface area contributed by atoms with E-state index in [2.05, 4.69) is 108 Å². The molecule has 5 aromatic carbocycles. The highest BCUT2D eigenvalue weighted by Crippen LogP contribution is 2.48. The lowest BCUT2D eigenvalue weighted by Gasteiger charge is -2.16. The lowest BCUT2D eigenvalue weighted by atomic mass is 9.90.